The van der Waals surface area contributed by atoms with Crippen LogP contribution in [0.15, 0.2) is 0 Å². The molecule has 1 aliphatic rings. The molecular weight excluding hydrogens is 1360 g/mol. The predicted molar refractivity (Wildman–Crippen MR) is 408 cm³/mol. The van der Waals surface area contributed by atoms with Gasteiger partial charge >= 0.3 is 46.7 Å². The van der Waals surface area contributed by atoms with E-state index in [9.17, 15) is 31.5 Å². The summed E-state index contributed by atoms with van der Waals surface area (Å²) in [6.07, 6.45) is 2.61. The van der Waals surface area contributed by atoms with Crippen molar-refractivity contribution >= 4 is 145 Å². The second-order valence-corrected chi connectivity index (χ2v) is 65.2. The van der Waals surface area contributed by atoms with E-state index in [1.165, 1.54) is 0 Å². The van der Waals surface area contributed by atoms with Crippen LogP contribution in [0.3, 0.4) is 0 Å². The molecule has 8 unspecified atom stereocenters. The number of ether oxygens (including phenoxy) is 3. The van der Waals surface area contributed by atoms with Crippen molar-refractivity contribution in [3.8, 4) is 0 Å². The van der Waals surface area contributed by atoms with E-state index in [2.05, 4.69) is 123 Å². The second kappa shape index (κ2) is 70.9. The molecular formula is C51H148NNaO15P2S3Si11. The van der Waals surface area contributed by atoms with Crippen LogP contribution in [0.1, 0.15) is 129 Å². The number of aliphatic hydroxyl groups is 1. The molecule has 16 nitrogen and oxygen atoms in total. The molecule has 0 aliphatic carbocycles. The van der Waals surface area contributed by atoms with Gasteiger partial charge in [-0.3, -0.25) is 4.90 Å². The van der Waals surface area contributed by atoms with Crippen molar-refractivity contribution in [2.75, 3.05) is 58.8 Å². The Kier molecular flexibility index (Phi) is 108. The monoisotopic (exact) mass is 1500 g/mol. The van der Waals surface area contributed by atoms with Gasteiger partial charge in [0.15, 0.2) is 52.1 Å². The molecule has 0 aromatic rings. The van der Waals surface area contributed by atoms with Crippen LogP contribution in [0.4, 0.5) is 0 Å². The third-order valence-electron chi connectivity index (χ3n) is 9.37. The minimum atomic E-state index is -3.97. The van der Waals surface area contributed by atoms with Gasteiger partial charge in [-0.25, -0.2) is 8.42 Å². The molecule has 1 aliphatic heterocycles. The van der Waals surface area contributed by atoms with E-state index in [4.69, 9.17) is 34.8 Å². The van der Waals surface area contributed by atoms with E-state index in [1.807, 2.05) is 39.4 Å². The van der Waals surface area contributed by atoms with E-state index in [0.29, 0.717) is 25.9 Å². The molecule has 1 N–H and O–H groups in total. The van der Waals surface area contributed by atoms with E-state index in [-0.39, 0.29) is 117 Å². The minimum Gasteiger partial charge on any atom is -0.745 e. The number of hydrogen-bond donors (Lipinski definition) is 2. The maximum Gasteiger partial charge on any atom is 1.00 e. The Balaban J connectivity index is -0.0000000529. The van der Waals surface area contributed by atoms with Crippen molar-refractivity contribution in [3.63, 3.8) is 0 Å². The van der Waals surface area contributed by atoms with Gasteiger partial charge in [-0.1, -0.05) is 121 Å². The third kappa shape index (κ3) is 94.3. The van der Waals surface area contributed by atoms with Crippen molar-refractivity contribution in [1.29, 1.82) is 0 Å². The SMILES string of the molecule is C.C.C.C.C.C.C.C.C.C.C.CCCN(C)C(O)COCCC[Si](C)(O[SiH](C)C[Si](=O)CC)O[Si](C)(C)C.CC[Si](=O)C[SiH](C)O[Si](C)(C)C.CC[Si](=O)C[SiH](C)O[Si](C)(CCCOCC1CO1)O[Si](C)(C)C.CP=S.O=S(=O)([O-])PCS.[Na+]. The molecule has 0 aromatic heterocycles. The third-order valence-corrected chi connectivity index (χ3v) is 49.7. The quantitative estimate of drug-likeness (QED) is 0.0114. The molecule has 84 heavy (non-hydrogen) atoms. The topological polar surface area (TPSA) is 209 Å². The Hall–Kier alpha value is 3.60. The number of rotatable bonds is 36. The van der Waals surface area contributed by atoms with Gasteiger partial charge in [-0.05, 0) is 162 Å². The summed E-state index contributed by atoms with van der Waals surface area (Å²) in [5.41, 5.74) is 2.59. The van der Waals surface area contributed by atoms with Crippen LogP contribution in [0.2, 0.25) is 139 Å². The number of likely N-dealkylation sites (N-methyl/N-ethyl adjacent to an activating group) is 1. The van der Waals surface area contributed by atoms with Crippen molar-refractivity contribution in [2.45, 2.75) is 280 Å². The molecule has 8 atom stereocenters. The van der Waals surface area contributed by atoms with Gasteiger partial charge in [0, 0.05) is 50.0 Å². The van der Waals surface area contributed by atoms with Crippen LogP contribution in [0.25, 0.3) is 0 Å². The number of nitrogens with zero attached hydrogens (tertiary/aromatic N) is 1. The zero-order valence-corrected chi connectivity index (χ0v) is 67.3. The Labute approximate surface area is 578 Å². The van der Waals surface area contributed by atoms with Gasteiger partial charge in [-0.2, -0.15) is 12.6 Å². The molecule has 0 saturated carbocycles. The molecule has 520 valence electrons. The first-order valence-electron chi connectivity index (χ1n) is 25.5. The van der Waals surface area contributed by atoms with Gasteiger partial charge in [0.25, 0.3) is 26.0 Å². The minimum absolute atomic E-state index is 0. The smallest absolute Gasteiger partial charge is 0.745 e. The van der Waals surface area contributed by atoms with Gasteiger partial charge in [0.1, 0.15) is 22.1 Å². The Morgan fingerprint density at radius 3 is 1.23 bits per heavy atom. The Bertz CT molecular complexity index is 1580. The summed E-state index contributed by atoms with van der Waals surface area (Å²) in [5.74, 6) is 0. The van der Waals surface area contributed by atoms with E-state index in [1.54, 1.807) is 0 Å². The molecule has 0 radical (unpaired) electrons. The fourth-order valence-electron chi connectivity index (χ4n) is 6.80. The maximum atomic E-state index is 11.9. The molecule has 33 heteroatoms. The first-order chi connectivity index (χ1) is 32.9. The van der Waals surface area contributed by atoms with Crippen LogP contribution in [-0.2, 0) is 69.7 Å². The molecule has 1 saturated heterocycles. The second-order valence-electron chi connectivity index (χ2n) is 21.1. The zero-order chi connectivity index (χ0) is 57.0. The van der Waals surface area contributed by atoms with Gasteiger partial charge in [-0.15, -0.1) is 0 Å². The standard InChI is InChI=1S/C17H43NO5Si4.C14H34O5Si4.C7H20O2Si3.CH5O3PS2.CH3PS.11CH4.Na/c1-9-12-18(3)17(19)15-21-13-11-14-27(8,23-26(5,6)7)22-24(4)16-25(20)10-2;1-7-21(15)13-20(2)18-23(6,19-22(3,4)5)10-8-9-16-11-14-12-17-14;1-6-11(8)7-10(2)9-12(3,4)5;2-7(3,4)5-1-6;1-2-3;;;;;;;;;;;;/h17,19,24H,9-16H2,1-8H3;14,20H,7-13H2,1-6H3;10H,6-7H2,1-5H3;5-6H,1H2,(H,2,3,4);1H3;11*1H4;/q;;;;;;;;;;;;;;;;+1/p-1. The summed E-state index contributed by atoms with van der Waals surface area (Å²) in [6, 6.07) is 4.23. The number of thiol groups is 1. The van der Waals surface area contributed by atoms with E-state index >= 15 is 0 Å². The molecule has 1 rings (SSSR count). The van der Waals surface area contributed by atoms with Crippen molar-refractivity contribution in [3.05, 3.63) is 0 Å². The summed E-state index contributed by atoms with van der Waals surface area (Å²) in [5, 5.41) is 10.0. The number of aliphatic hydroxyl groups excluding tert-OH is 1. The predicted octanol–water partition coefficient (Wildman–Crippen LogP) is 13.6. The summed E-state index contributed by atoms with van der Waals surface area (Å²) >= 11 is 7.91. The molecule has 1 heterocycles. The van der Waals surface area contributed by atoms with Crippen molar-refractivity contribution < 1.29 is 95.8 Å². The Morgan fingerprint density at radius 1 is 0.679 bits per heavy atom. The van der Waals surface area contributed by atoms with Crippen LogP contribution >= 0.6 is 27.8 Å². The largest absolute Gasteiger partial charge is 1.00 e. The first-order valence-corrected chi connectivity index (χ1v) is 59.9. The van der Waals surface area contributed by atoms with Gasteiger partial charge < -0.3 is 57.8 Å². The van der Waals surface area contributed by atoms with Crippen LogP contribution in [-0.4, -0.2) is 189 Å². The van der Waals surface area contributed by atoms with E-state index in [0.717, 1.165) is 93.6 Å². The Morgan fingerprint density at radius 2 is 0.988 bits per heavy atom. The van der Waals surface area contributed by atoms with Crippen molar-refractivity contribution in [1.82, 2.24) is 4.90 Å². The summed E-state index contributed by atoms with van der Waals surface area (Å²) in [6.45, 7) is 44.7. The van der Waals surface area contributed by atoms with Crippen LogP contribution < -0.4 is 29.6 Å². The molecule has 0 aromatic carbocycles. The van der Waals surface area contributed by atoms with Gasteiger partial charge in [0.05, 0.1) is 19.8 Å². The average Bonchev–Trinajstić information content (AvgIpc) is 4.03. The molecule has 1 fully saturated rings. The van der Waals surface area contributed by atoms with Crippen molar-refractivity contribution in [2.24, 2.45) is 0 Å². The summed E-state index contributed by atoms with van der Waals surface area (Å²) in [7, 11) is -19.1. The zero-order valence-electron chi connectivity index (χ0n) is 49.4. The number of hydrogen-bond acceptors (Lipinski definition) is 18. The fourth-order valence-corrected chi connectivity index (χ4v) is 49.9. The molecule has 0 spiro atoms. The summed E-state index contributed by atoms with van der Waals surface area (Å²) < 4.78 is 112. The van der Waals surface area contributed by atoms with Gasteiger partial charge in [0.2, 0.25) is 0 Å². The molecule has 0 bridgehead atoms. The fraction of sp³-hybridized carbons (Fsp3) is 1.00. The van der Waals surface area contributed by atoms with E-state index < -0.39 is 119 Å². The number of epoxide rings is 1. The normalized spacial score (nSPS) is 14.8. The first kappa shape index (κ1) is 128. The maximum absolute atomic E-state index is 11.9. The molecule has 0 amide bonds. The summed E-state index contributed by atoms with van der Waals surface area (Å²) in [4.78, 5) is 1.90. The van der Waals surface area contributed by atoms with Crippen LogP contribution in [0, 0.1) is 0 Å². The van der Waals surface area contributed by atoms with Crippen LogP contribution in [0.5, 0.6) is 0 Å². The average molecular weight is 1510 g/mol.